The highest BCUT2D eigenvalue weighted by Crippen LogP contribution is 2.28. The summed E-state index contributed by atoms with van der Waals surface area (Å²) in [5, 5.41) is 0. The van der Waals surface area contributed by atoms with Crippen LogP contribution in [-0.4, -0.2) is 7.25 Å². The summed E-state index contributed by atoms with van der Waals surface area (Å²) in [4.78, 5) is 0. The van der Waals surface area contributed by atoms with Gasteiger partial charge in [0.2, 0.25) is 0 Å². The largest absolute Gasteiger partial charge is 0.673 e. The molecule has 0 aliphatic heterocycles. The normalized spacial score (nSPS) is 10.9. The molecular weight excluding hydrogens is 357 g/mol. The average Bonchev–Trinajstić information content (AvgIpc) is 2.54. The van der Waals surface area contributed by atoms with Crippen LogP contribution < -0.4 is 0 Å². The topological polar surface area (TPSA) is 11.3 Å². The van der Waals surface area contributed by atoms with Crippen LogP contribution in [0.25, 0.3) is 22.5 Å². The van der Waals surface area contributed by atoms with Crippen molar-refractivity contribution in [1.29, 1.82) is 0 Å². The molecule has 1 nitrogen and oxygen atoms in total. The summed E-state index contributed by atoms with van der Waals surface area (Å²) in [7, 11) is -6.00. The molecule has 2 aromatic carbocycles. The highest BCUT2D eigenvalue weighted by molar-refractivity contribution is 6.50. The van der Waals surface area contributed by atoms with E-state index in [4.69, 9.17) is 4.42 Å². The molecule has 1 heterocycles. The van der Waals surface area contributed by atoms with Gasteiger partial charge in [-0.15, -0.1) is 0 Å². The second-order valence-electron chi connectivity index (χ2n) is 5.33. The SMILES string of the molecule is Cc1cc(-c2ccc(F)cc2)cc(-c2ccc(F)cc2)[o+]1.F[B-](F)(F)F. The predicted octanol–water partition coefficient (Wildman–Crippen LogP) is 6.78. The minimum atomic E-state index is -6.00. The quantitative estimate of drug-likeness (QED) is 0.275. The average molecular weight is 370 g/mol. The van der Waals surface area contributed by atoms with E-state index in [0.717, 1.165) is 22.5 Å². The van der Waals surface area contributed by atoms with Gasteiger partial charge in [0.1, 0.15) is 11.6 Å². The Morgan fingerprint density at radius 3 is 1.54 bits per heavy atom. The van der Waals surface area contributed by atoms with E-state index >= 15 is 0 Å². The van der Waals surface area contributed by atoms with Gasteiger partial charge in [-0.2, -0.15) is 0 Å². The minimum Gasteiger partial charge on any atom is -0.418 e. The second kappa shape index (κ2) is 8.08. The third kappa shape index (κ3) is 6.27. The van der Waals surface area contributed by atoms with Crippen LogP contribution in [0.15, 0.2) is 65.1 Å². The Morgan fingerprint density at radius 1 is 0.654 bits per heavy atom. The smallest absolute Gasteiger partial charge is 0.418 e. The first-order chi connectivity index (χ1) is 12.1. The molecule has 0 aliphatic carbocycles. The molecule has 1 aromatic heterocycles. The van der Waals surface area contributed by atoms with E-state index in [9.17, 15) is 26.0 Å². The summed E-state index contributed by atoms with van der Waals surface area (Å²) in [5.74, 6) is 0.825. The summed E-state index contributed by atoms with van der Waals surface area (Å²) in [6.45, 7) is 1.85. The van der Waals surface area contributed by atoms with Crippen LogP contribution >= 0.6 is 0 Å². The summed E-state index contributed by atoms with van der Waals surface area (Å²) < 4.78 is 70.7. The van der Waals surface area contributed by atoms with Gasteiger partial charge in [0, 0.05) is 11.6 Å². The molecule has 0 spiro atoms. The van der Waals surface area contributed by atoms with E-state index in [1.54, 1.807) is 24.3 Å². The van der Waals surface area contributed by atoms with Crippen LogP contribution in [0.1, 0.15) is 5.76 Å². The molecule has 0 N–H and O–H groups in total. The molecule has 26 heavy (non-hydrogen) atoms. The summed E-state index contributed by atoms with van der Waals surface area (Å²) in [5.41, 5.74) is 2.63. The van der Waals surface area contributed by atoms with Crippen molar-refractivity contribution in [3.05, 3.63) is 78.1 Å². The standard InChI is InChI=1S/C18H13F2O.BF4/c1-12-10-15(13-2-6-16(19)7-3-13)11-18(21-12)14-4-8-17(20)9-5-14;2-1(3,4)5/h2-11H,1H3;/q+1;-1. The van der Waals surface area contributed by atoms with Crippen molar-refractivity contribution in [2.45, 2.75) is 6.92 Å². The Bertz CT molecular complexity index is 791. The molecule has 0 radical (unpaired) electrons. The zero-order valence-electron chi connectivity index (χ0n) is 13.5. The summed E-state index contributed by atoms with van der Waals surface area (Å²) in [6.07, 6.45) is 0. The van der Waals surface area contributed by atoms with E-state index in [-0.39, 0.29) is 11.6 Å². The predicted molar refractivity (Wildman–Crippen MR) is 88.8 cm³/mol. The molecule has 0 fully saturated rings. The van der Waals surface area contributed by atoms with Crippen molar-refractivity contribution in [1.82, 2.24) is 0 Å². The lowest BCUT2D eigenvalue weighted by molar-refractivity contribution is 0.368. The summed E-state index contributed by atoms with van der Waals surface area (Å²) >= 11 is 0. The van der Waals surface area contributed by atoms with Crippen LogP contribution in [0.4, 0.5) is 26.0 Å². The molecule has 136 valence electrons. The molecule has 0 saturated heterocycles. The van der Waals surface area contributed by atoms with E-state index in [1.807, 2.05) is 19.1 Å². The number of benzene rings is 2. The Labute approximate surface area is 146 Å². The zero-order chi connectivity index (χ0) is 19.3. The van der Waals surface area contributed by atoms with Crippen molar-refractivity contribution in [2.24, 2.45) is 0 Å². The molecule has 0 saturated carbocycles. The molecule has 8 heteroatoms. The van der Waals surface area contributed by atoms with E-state index in [2.05, 4.69) is 0 Å². The van der Waals surface area contributed by atoms with Gasteiger partial charge in [-0.3, -0.25) is 0 Å². The first-order valence-electron chi connectivity index (χ1n) is 7.46. The van der Waals surface area contributed by atoms with Gasteiger partial charge in [0.15, 0.2) is 0 Å². The maximum Gasteiger partial charge on any atom is 0.673 e. The molecule has 0 unspecified atom stereocenters. The van der Waals surface area contributed by atoms with Crippen molar-refractivity contribution in [3.8, 4) is 22.5 Å². The van der Waals surface area contributed by atoms with Gasteiger partial charge in [-0.25, -0.2) is 13.2 Å². The van der Waals surface area contributed by atoms with Gasteiger partial charge in [-0.05, 0) is 42.0 Å². The maximum absolute atomic E-state index is 13.0. The van der Waals surface area contributed by atoms with Crippen molar-refractivity contribution in [2.75, 3.05) is 0 Å². The third-order valence-electron chi connectivity index (χ3n) is 3.22. The van der Waals surface area contributed by atoms with Crippen LogP contribution in [-0.2, 0) is 0 Å². The fourth-order valence-electron chi connectivity index (χ4n) is 2.20. The fourth-order valence-corrected chi connectivity index (χ4v) is 2.20. The van der Waals surface area contributed by atoms with Crippen LogP contribution in [0.5, 0.6) is 0 Å². The molecule has 0 atom stereocenters. The lowest BCUT2D eigenvalue weighted by Crippen LogP contribution is -2.02. The van der Waals surface area contributed by atoms with Gasteiger partial charge >= 0.3 is 18.8 Å². The highest BCUT2D eigenvalue weighted by Gasteiger charge is 2.20. The molecule has 3 rings (SSSR count). The first kappa shape index (κ1) is 19.6. The molecule has 0 aliphatic rings. The lowest BCUT2D eigenvalue weighted by atomic mass is 10.0. The maximum atomic E-state index is 13.0. The van der Waals surface area contributed by atoms with E-state index in [1.165, 1.54) is 24.3 Å². The zero-order valence-corrected chi connectivity index (χ0v) is 13.5. The van der Waals surface area contributed by atoms with Crippen molar-refractivity contribution >= 4 is 7.25 Å². The highest BCUT2D eigenvalue weighted by atomic mass is 19.5. The number of hydrogen-bond donors (Lipinski definition) is 0. The van der Waals surface area contributed by atoms with Gasteiger partial charge < -0.3 is 17.3 Å². The van der Waals surface area contributed by atoms with Crippen molar-refractivity contribution < 1.29 is 30.5 Å². The number of hydrogen-bond acceptors (Lipinski definition) is 0. The summed E-state index contributed by atoms with van der Waals surface area (Å²) in [6, 6.07) is 16.2. The number of halogens is 6. The fraction of sp³-hybridized carbons (Fsp3) is 0.0556. The Hall–Kier alpha value is -2.77. The van der Waals surface area contributed by atoms with Gasteiger partial charge in [0.05, 0.1) is 18.6 Å². The van der Waals surface area contributed by atoms with Gasteiger partial charge in [0.25, 0.3) is 0 Å². The van der Waals surface area contributed by atoms with E-state index in [0.29, 0.717) is 5.76 Å². The van der Waals surface area contributed by atoms with Crippen LogP contribution in [0.3, 0.4) is 0 Å². The lowest BCUT2D eigenvalue weighted by Gasteiger charge is -2.01. The molecule has 0 amide bonds. The van der Waals surface area contributed by atoms with Crippen molar-refractivity contribution in [3.63, 3.8) is 0 Å². The molecule has 3 aromatic rings. The monoisotopic (exact) mass is 370 g/mol. The Balaban J connectivity index is 0.000000431. The molecular formula is C18H13BF6O. The van der Waals surface area contributed by atoms with Crippen LogP contribution in [0, 0.1) is 18.6 Å². The van der Waals surface area contributed by atoms with Crippen LogP contribution in [0.2, 0.25) is 0 Å². The minimum absolute atomic E-state index is 0.269. The first-order valence-corrected chi connectivity index (χ1v) is 7.46. The number of rotatable bonds is 2. The number of aryl methyl sites for hydroxylation is 1. The Kier molecular flexibility index (Phi) is 6.08. The van der Waals surface area contributed by atoms with Gasteiger partial charge in [-0.1, -0.05) is 12.1 Å². The van der Waals surface area contributed by atoms with E-state index < -0.39 is 7.25 Å². The second-order valence-corrected chi connectivity index (χ2v) is 5.33. The Morgan fingerprint density at radius 2 is 1.08 bits per heavy atom. The third-order valence-corrected chi connectivity index (χ3v) is 3.22. The molecule has 0 bridgehead atoms.